The number of urea groups is 1. The number of amides is 3. The molecule has 0 spiro atoms. The van der Waals surface area contributed by atoms with E-state index >= 15 is 0 Å². The van der Waals surface area contributed by atoms with Gasteiger partial charge in [-0.15, -0.1) is 0 Å². The number of primary amides is 2. The number of aryl methyl sites for hydroxylation is 1. The van der Waals surface area contributed by atoms with E-state index in [1.165, 1.54) is 6.20 Å². The number of carbonyl (C=O) groups excluding carboxylic acids is 2. The molecule has 0 saturated heterocycles. The van der Waals surface area contributed by atoms with Crippen molar-refractivity contribution in [1.29, 1.82) is 0 Å². The smallest absolute Gasteiger partial charge is 0.318 e. The number of aromatic nitrogens is 4. The van der Waals surface area contributed by atoms with E-state index in [2.05, 4.69) is 20.3 Å². The highest BCUT2D eigenvalue weighted by atomic mass is 16.2. The van der Waals surface area contributed by atoms with E-state index in [0.29, 0.717) is 17.7 Å². The first-order chi connectivity index (χ1) is 8.52. The standard InChI is InChI=1S/C9H11N7O2/c1-2-16-7-4(13-9(16)15-8(11)18)3-12-6(14-7)5(10)17/h3H,2H2,1H3,(H2,10,17)(H3,11,13,15,18). The quantitative estimate of drug-likeness (QED) is 0.668. The van der Waals surface area contributed by atoms with Gasteiger partial charge in [0.1, 0.15) is 5.52 Å². The van der Waals surface area contributed by atoms with Gasteiger partial charge in [0.05, 0.1) is 6.20 Å². The second kappa shape index (κ2) is 4.28. The van der Waals surface area contributed by atoms with Crippen LogP contribution in [0, 0.1) is 0 Å². The molecule has 9 nitrogen and oxygen atoms in total. The highest BCUT2D eigenvalue weighted by Gasteiger charge is 2.14. The number of nitrogens with two attached hydrogens (primary N) is 2. The molecular formula is C9H11N7O2. The molecule has 9 heteroatoms. The van der Waals surface area contributed by atoms with Crippen LogP contribution in [0.4, 0.5) is 10.7 Å². The second-order valence-electron chi connectivity index (χ2n) is 3.44. The molecule has 5 N–H and O–H groups in total. The zero-order chi connectivity index (χ0) is 13.3. The lowest BCUT2D eigenvalue weighted by Gasteiger charge is -2.04. The molecule has 0 aromatic carbocycles. The van der Waals surface area contributed by atoms with Crippen molar-refractivity contribution >= 4 is 29.1 Å². The van der Waals surface area contributed by atoms with Crippen molar-refractivity contribution in [2.75, 3.05) is 5.32 Å². The van der Waals surface area contributed by atoms with Gasteiger partial charge in [-0.3, -0.25) is 14.7 Å². The molecule has 0 fully saturated rings. The Kier molecular flexibility index (Phi) is 2.80. The summed E-state index contributed by atoms with van der Waals surface area (Å²) in [5.74, 6) is -0.594. The van der Waals surface area contributed by atoms with Crippen LogP contribution < -0.4 is 16.8 Å². The van der Waals surface area contributed by atoms with Gasteiger partial charge in [-0.2, -0.15) is 0 Å². The fourth-order valence-electron chi connectivity index (χ4n) is 1.54. The summed E-state index contributed by atoms with van der Waals surface area (Å²) >= 11 is 0. The number of fused-ring (bicyclic) bond motifs is 1. The topological polar surface area (TPSA) is 142 Å². The largest absolute Gasteiger partial charge is 0.363 e. The number of hydrogen-bond acceptors (Lipinski definition) is 5. The second-order valence-corrected chi connectivity index (χ2v) is 3.44. The Hall–Kier alpha value is -2.71. The van der Waals surface area contributed by atoms with Crippen LogP contribution in [0.2, 0.25) is 0 Å². The minimum Gasteiger partial charge on any atom is -0.363 e. The molecule has 0 aliphatic rings. The average molecular weight is 249 g/mol. The van der Waals surface area contributed by atoms with Crippen molar-refractivity contribution < 1.29 is 9.59 Å². The molecule has 2 heterocycles. The maximum atomic E-state index is 11.0. The average Bonchev–Trinajstić information content (AvgIpc) is 2.63. The Balaban J connectivity index is 2.62. The van der Waals surface area contributed by atoms with Gasteiger partial charge in [0.15, 0.2) is 5.65 Å². The van der Waals surface area contributed by atoms with Crippen molar-refractivity contribution in [3.05, 3.63) is 12.0 Å². The molecule has 0 saturated carbocycles. The predicted octanol–water partition coefficient (Wildman–Crippen LogP) is -0.564. The first-order valence-electron chi connectivity index (χ1n) is 5.12. The Morgan fingerprint density at radius 3 is 2.67 bits per heavy atom. The Labute approximate surface area is 101 Å². The normalized spacial score (nSPS) is 10.5. The summed E-state index contributed by atoms with van der Waals surface area (Å²) < 4.78 is 1.59. The maximum absolute atomic E-state index is 11.0. The molecule has 18 heavy (non-hydrogen) atoms. The van der Waals surface area contributed by atoms with Crippen molar-refractivity contribution in [2.45, 2.75) is 13.5 Å². The molecule has 2 aromatic heterocycles. The number of hydrogen-bond donors (Lipinski definition) is 3. The molecule has 0 atom stereocenters. The van der Waals surface area contributed by atoms with E-state index in [1.807, 2.05) is 6.92 Å². The third-order valence-electron chi connectivity index (χ3n) is 2.26. The molecule has 0 aliphatic carbocycles. The lowest BCUT2D eigenvalue weighted by atomic mass is 10.5. The lowest BCUT2D eigenvalue weighted by molar-refractivity contribution is 0.0990. The zero-order valence-corrected chi connectivity index (χ0v) is 9.54. The van der Waals surface area contributed by atoms with Crippen molar-refractivity contribution in [2.24, 2.45) is 11.5 Å². The van der Waals surface area contributed by atoms with Crippen molar-refractivity contribution in [3.63, 3.8) is 0 Å². The number of rotatable bonds is 3. The number of nitrogens with one attached hydrogen (secondary N) is 1. The van der Waals surface area contributed by atoms with E-state index in [9.17, 15) is 9.59 Å². The number of anilines is 1. The maximum Gasteiger partial charge on any atom is 0.318 e. The van der Waals surface area contributed by atoms with Crippen molar-refractivity contribution in [1.82, 2.24) is 19.5 Å². The van der Waals surface area contributed by atoms with E-state index in [-0.39, 0.29) is 11.8 Å². The Morgan fingerprint density at radius 1 is 1.39 bits per heavy atom. The third-order valence-corrected chi connectivity index (χ3v) is 2.26. The molecule has 0 unspecified atom stereocenters. The number of imidazole rings is 1. The summed E-state index contributed by atoms with van der Waals surface area (Å²) in [6.45, 7) is 2.32. The molecule has 0 aliphatic heterocycles. The summed E-state index contributed by atoms with van der Waals surface area (Å²) in [4.78, 5) is 33.7. The first-order valence-corrected chi connectivity index (χ1v) is 5.12. The van der Waals surface area contributed by atoms with Crippen LogP contribution in [0.15, 0.2) is 6.20 Å². The summed E-state index contributed by atoms with van der Waals surface area (Å²) in [5, 5.41) is 2.37. The predicted molar refractivity (Wildman–Crippen MR) is 62.7 cm³/mol. The summed E-state index contributed by atoms with van der Waals surface area (Å²) in [7, 11) is 0. The third kappa shape index (κ3) is 1.93. The Morgan fingerprint density at radius 2 is 2.11 bits per heavy atom. The molecule has 2 rings (SSSR count). The van der Waals surface area contributed by atoms with Crippen LogP contribution in [-0.4, -0.2) is 31.5 Å². The SMILES string of the molecule is CCn1c(NC(N)=O)nc2cnc(C(N)=O)nc21. The summed E-state index contributed by atoms with van der Waals surface area (Å²) in [5.41, 5.74) is 11.0. The van der Waals surface area contributed by atoms with Crippen LogP contribution >= 0.6 is 0 Å². The monoisotopic (exact) mass is 249 g/mol. The summed E-state index contributed by atoms with van der Waals surface area (Å²) in [6, 6.07) is -0.733. The number of nitrogens with zero attached hydrogens (tertiary/aromatic N) is 4. The van der Waals surface area contributed by atoms with Gasteiger partial charge in [0.25, 0.3) is 5.91 Å². The lowest BCUT2D eigenvalue weighted by Crippen LogP contribution is -2.22. The van der Waals surface area contributed by atoms with Crippen LogP contribution in [0.3, 0.4) is 0 Å². The molecule has 2 aromatic rings. The minimum atomic E-state index is -0.733. The molecule has 0 bridgehead atoms. The van der Waals surface area contributed by atoms with Gasteiger partial charge < -0.3 is 11.5 Å². The molecular weight excluding hydrogens is 238 g/mol. The van der Waals surface area contributed by atoms with Crippen LogP contribution in [-0.2, 0) is 6.54 Å². The fourth-order valence-corrected chi connectivity index (χ4v) is 1.54. The minimum absolute atomic E-state index is 0.109. The molecule has 3 amide bonds. The van der Waals surface area contributed by atoms with Crippen molar-refractivity contribution in [3.8, 4) is 0 Å². The van der Waals surface area contributed by atoms with E-state index < -0.39 is 11.9 Å². The number of carbonyl (C=O) groups is 2. The van der Waals surface area contributed by atoms with E-state index in [0.717, 1.165) is 0 Å². The molecule has 94 valence electrons. The van der Waals surface area contributed by atoms with Crippen LogP contribution in [0.5, 0.6) is 0 Å². The van der Waals surface area contributed by atoms with Gasteiger partial charge in [-0.05, 0) is 6.92 Å². The van der Waals surface area contributed by atoms with Gasteiger partial charge in [-0.25, -0.2) is 19.7 Å². The van der Waals surface area contributed by atoms with Gasteiger partial charge in [-0.1, -0.05) is 0 Å². The van der Waals surface area contributed by atoms with Crippen LogP contribution in [0.25, 0.3) is 11.2 Å². The van der Waals surface area contributed by atoms with Gasteiger partial charge in [0.2, 0.25) is 11.8 Å². The molecule has 0 radical (unpaired) electrons. The highest BCUT2D eigenvalue weighted by molar-refractivity contribution is 5.91. The van der Waals surface area contributed by atoms with Crippen LogP contribution in [0.1, 0.15) is 17.5 Å². The van der Waals surface area contributed by atoms with E-state index in [1.54, 1.807) is 4.57 Å². The van der Waals surface area contributed by atoms with Gasteiger partial charge in [0, 0.05) is 6.54 Å². The van der Waals surface area contributed by atoms with Gasteiger partial charge >= 0.3 is 6.03 Å². The first kappa shape index (κ1) is 11.8. The zero-order valence-electron chi connectivity index (χ0n) is 9.54. The highest BCUT2D eigenvalue weighted by Crippen LogP contribution is 2.17. The summed E-state index contributed by atoms with van der Waals surface area (Å²) in [6.07, 6.45) is 1.36. The van der Waals surface area contributed by atoms with E-state index in [4.69, 9.17) is 11.5 Å². The fraction of sp³-hybridized carbons (Fsp3) is 0.222. The Bertz CT molecular complexity index is 633.